The summed E-state index contributed by atoms with van der Waals surface area (Å²) in [4.78, 5) is 0. The van der Waals surface area contributed by atoms with Crippen molar-refractivity contribution in [3.05, 3.63) is 33.4 Å². The molecule has 1 saturated heterocycles. The van der Waals surface area contributed by atoms with Crippen molar-refractivity contribution in [1.82, 2.24) is 0 Å². The van der Waals surface area contributed by atoms with Crippen LogP contribution in [0.25, 0.3) is 0 Å². The second kappa shape index (κ2) is 5.10. The molecule has 1 atom stereocenters. The van der Waals surface area contributed by atoms with Crippen LogP contribution in [0.3, 0.4) is 0 Å². The van der Waals surface area contributed by atoms with E-state index in [0.717, 1.165) is 18.6 Å². The van der Waals surface area contributed by atoms with Crippen LogP contribution in [0, 0.1) is 8.99 Å². The van der Waals surface area contributed by atoms with Gasteiger partial charge in [0.25, 0.3) is 0 Å². The van der Waals surface area contributed by atoms with Crippen LogP contribution in [-0.2, 0) is 6.42 Å². The summed E-state index contributed by atoms with van der Waals surface area (Å²) in [7, 11) is 0. The summed E-state index contributed by atoms with van der Waals surface area (Å²) in [5, 5.41) is 10.9. The van der Waals surface area contributed by atoms with Gasteiger partial charge in [0.15, 0.2) is 0 Å². The first-order valence-corrected chi connectivity index (χ1v) is 8.21. The number of aliphatic hydroxyl groups is 1. The normalized spacial score (nSPS) is 28.0. The van der Waals surface area contributed by atoms with Crippen molar-refractivity contribution in [1.29, 1.82) is 0 Å². The number of hydrogen-bond acceptors (Lipinski definition) is 2. The third-order valence-electron chi connectivity index (χ3n) is 3.88. The topological polar surface area (TPSA) is 20.2 Å². The van der Waals surface area contributed by atoms with Gasteiger partial charge in [0, 0.05) is 15.7 Å². The van der Waals surface area contributed by atoms with E-state index in [4.69, 9.17) is 0 Å². The van der Waals surface area contributed by atoms with Crippen molar-refractivity contribution in [2.45, 2.75) is 32.3 Å². The van der Waals surface area contributed by atoms with E-state index in [9.17, 15) is 5.11 Å². The van der Waals surface area contributed by atoms with E-state index in [1.165, 1.54) is 14.9 Å². The van der Waals surface area contributed by atoms with Gasteiger partial charge in [-0.2, -0.15) is 11.8 Å². The van der Waals surface area contributed by atoms with Crippen LogP contribution in [0.15, 0.2) is 24.3 Å². The number of rotatable bonds is 2. The fourth-order valence-corrected chi connectivity index (χ4v) is 4.22. The Labute approximate surface area is 122 Å². The van der Waals surface area contributed by atoms with E-state index in [0.29, 0.717) is 0 Å². The Morgan fingerprint density at radius 2 is 1.94 bits per heavy atom. The predicted octanol–water partition coefficient (Wildman–Crippen LogP) is 3.73. The van der Waals surface area contributed by atoms with Gasteiger partial charge < -0.3 is 5.11 Å². The van der Waals surface area contributed by atoms with Crippen LogP contribution in [0.5, 0.6) is 0 Å². The lowest BCUT2D eigenvalue weighted by molar-refractivity contribution is -0.0512. The Hall–Kier alpha value is 0.260. The van der Waals surface area contributed by atoms with Crippen LogP contribution >= 0.6 is 34.4 Å². The van der Waals surface area contributed by atoms with Crippen molar-refractivity contribution < 1.29 is 5.11 Å². The molecule has 1 N–H and O–H groups in total. The Morgan fingerprint density at radius 3 is 2.53 bits per heavy atom. The van der Waals surface area contributed by atoms with Gasteiger partial charge >= 0.3 is 0 Å². The summed E-state index contributed by atoms with van der Waals surface area (Å²) in [6.07, 6.45) is 1.86. The second-order valence-electron chi connectivity index (χ2n) is 5.52. The molecule has 94 valence electrons. The largest absolute Gasteiger partial charge is 0.388 e. The summed E-state index contributed by atoms with van der Waals surface area (Å²) in [5.74, 6) is 2.02. The fraction of sp³-hybridized carbons (Fsp3) is 0.571. The van der Waals surface area contributed by atoms with E-state index in [1.807, 2.05) is 11.8 Å². The van der Waals surface area contributed by atoms with Gasteiger partial charge in [0.05, 0.1) is 5.60 Å². The van der Waals surface area contributed by atoms with Crippen molar-refractivity contribution in [2.24, 2.45) is 5.41 Å². The van der Waals surface area contributed by atoms with Crippen molar-refractivity contribution in [3.63, 3.8) is 0 Å². The first kappa shape index (κ1) is 13.7. The number of benzene rings is 1. The Morgan fingerprint density at radius 1 is 1.29 bits per heavy atom. The molecule has 17 heavy (non-hydrogen) atoms. The van der Waals surface area contributed by atoms with Gasteiger partial charge in [-0.25, -0.2) is 0 Å². The molecule has 1 heterocycles. The molecule has 0 bridgehead atoms. The van der Waals surface area contributed by atoms with Crippen LogP contribution in [0.1, 0.15) is 25.8 Å². The van der Waals surface area contributed by atoms with E-state index in [-0.39, 0.29) is 5.41 Å². The molecule has 0 aliphatic carbocycles. The van der Waals surface area contributed by atoms with Gasteiger partial charge in [-0.15, -0.1) is 0 Å². The molecule has 0 amide bonds. The Kier molecular flexibility index (Phi) is 4.10. The maximum Gasteiger partial charge on any atom is 0.0828 e. The quantitative estimate of drug-likeness (QED) is 0.810. The van der Waals surface area contributed by atoms with Crippen LogP contribution < -0.4 is 0 Å². The van der Waals surface area contributed by atoms with Gasteiger partial charge in [-0.1, -0.05) is 26.0 Å². The summed E-state index contributed by atoms with van der Waals surface area (Å²) in [6, 6.07) is 8.49. The SMILES string of the molecule is CC1(C)CCSCC1(O)Cc1ccc(I)cc1. The first-order chi connectivity index (χ1) is 7.93. The highest BCUT2D eigenvalue weighted by Gasteiger charge is 2.45. The molecule has 1 nitrogen and oxygen atoms in total. The molecule has 0 spiro atoms. The molecule has 1 aliphatic heterocycles. The third kappa shape index (κ3) is 2.99. The molecule has 3 heteroatoms. The molecule has 1 unspecified atom stereocenters. The van der Waals surface area contributed by atoms with E-state index < -0.39 is 5.60 Å². The minimum atomic E-state index is -0.567. The summed E-state index contributed by atoms with van der Waals surface area (Å²) < 4.78 is 1.25. The van der Waals surface area contributed by atoms with E-state index in [2.05, 4.69) is 60.7 Å². The third-order valence-corrected chi connectivity index (χ3v) is 5.78. The summed E-state index contributed by atoms with van der Waals surface area (Å²) in [6.45, 7) is 4.39. The number of halogens is 1. The highest BCUT2D eigenvalue weighted by Crippen LogP contribution is 2.44. The molecule has 1 fully saturated rings. The van der Waals surface area contributed by atoms with Crippen molar-refractivity contribution in [2.75, 3.05) is 11.5 Å². The van der Waals surface area contributed by atoms with Crippen LogP contribution in [0.4, 0.5) is 0 Å². The lowest BCUT2D eigenvalue weighted by atomic mass is 9.70. The monoisotopic (exact) mass is 362 g/mol. The van der Waals surface area contributed by atoms with Gasteiger partial charge in [-0.3, -0.25) is 0 Å². The fourth-order valence-electron chi connectivity index (χ4n) is 2.23. The second-order valence-corrected chi connectivity index (χ2v) is 7.87. The number of hydrogen-bond donors (Lipinski definition) is 1. The van der Waals surface area contributed by atoms with Crippen LogP contribution in [0.2, 0.25) is 0 Å². The first-order valence-electron chi connectivity index (χ1n) is 5.98. The average Bonchev–Trinajstić information content (AvgIpc) is 2.26. The molecular weight excluding hydrogens is 343 g/mol. The molecular formula is C14H19IOS. The van der Waals surface area contributed by atoms with Gasteiger partial charge in [-0.05, 0) is 57.9 Å². The standard InChI is InChI=1S/C14H19IOS/c1-13(2)7-8-17-10-14(13,16)9-11-3-5-12(15)6-4-11/h3-6,16H,7-10H2,1-2H3. The summed E-state index contributed by atoms with van der Waals surface area (Å²) >= 11 is 4.19. The maximum atomic E-state index is 10.9. The highest BCUT2D eigenvalue weighted by atomic mass is 127. The molecule has 1 aromatic rings. The Bertz CT molecular complexity index is 388. The van der Waals surface area contributed by atoms with Crippen molar-refractivity contribution >= 4 is 34.4 Å². The van der Waals surface area contributed by atoms with Crippen molar-refractivity contribution in [3.8, 4) is 0 Å². The minimum Gasteiger partial charge on any atom is -0.388 e. The average molecular weight is 362 g/mol. The zero-order valence-corrected chi connectivity index (χ0v) is 13.3. The Balaban J connectivity index is 2.18. The lowest BCUT2D eigenvalue weighted by Gasteiger charge is -2.46. The highest BCUT2D eigenvalue weighted by molar-refractivity contribution is 14.1. The molecule has 0 aromatic heterocycles. The number of thioether (sulfide) groups is 1. The van der Waals surface area contributed by atoms with Crippen LogP contribution in [-0.4, -0.2) is 22.2 Å². The molecule has 2 rings (SSSR count). The smallest absolute Gasteiger partial charge is 0.0828 e. The van der Waals surface area contributed by atoms with E-state index >= 15 is 0 Å². The maximum absolute atomic E-state index is 10.9. The summed E-state index contributed by atoms with van der Waals surface area (Å²) in [5.41, 5.74) is 0.688. The molecule has 1 aromatic carbocycles. The predicted molar refractivity (Wildman–Crippen MR) is 83.5 cm³/mol. The van der Waals surface area contributed by atoms with E-state index in [1.54, 1.807) is 0 Å². The minimum absolute atomic E-state index is 0.0151. The molecule has 1 aliphatic rings. The zero-order valence-electron chi connectivity index (χ0n) is 10.4. The molecule has 0 saturated carbocycles. The zero-order chi connectivity index (χ0) is 12.5. The lowest BCUT2D eigenvalue weighted by Crippen LogP contribution is -2.51. The van der Waals surface area contributed by atoms with Gasteiger partial charge in [0.2, 0.25) is 0 Å². The van der Waals surface area contributed by atoms with Gasteiger partial charge in [0.1, 0.15) is 0 Å². The molecule has 0 radical (unpaired) electrons.